The first-order chi connectivity index (χ1) is 10.1. The van der Waals surface area contributed by atoms with Crippen LogP contribution in [0.4, 0.5) is 4.39 Å². The van der Waals surface area contributed by atoms with Gasteiger partial charge < -0.3 is 0 Å². The SMILES string of the molecule is Cc1cc(Br)c(F)cc1-n1c(-c2cccnc2)n[nH]c1=S. The minimum atomic E-state index is -0.351. The van der Waals surface area contributed by atoms with E-state index in [2.05, 4.69) is 31.1 Å². The minimum Gasteiger partial charge on any atom is -0.268 e. The van der Waals surface area contributed by atoms with Gasteiger partial charge in [0.1, 0.15) is 5.82 Å². The molecule has 0 aliphatic heterocycles. The van der Waals surface area contributed by atoms with Gasteiger partial charge in [0.05, 0.1) is 10.2 Å². The Labute approximate surface area is 133 Å². The van der Waals surface area contributed by atoms with E-state index in [9.17, 15) is 4.39 Å². The van der Waals surface area contributed by atoms with Crippen LogP contribution < -0.4 is 0 Å². The Morgan fingerprint density at radius 2 is 2.19 bits per heavy atom. The summed E-state index contributed by atoms with van der Waals surface area (Å²) in [7, 11) is 0. The first-order valence-electron chi connectivity index (χ1n) is 6.12. The third-order valence-corrected chi connectivity index (χ3v) is 3.95. The zero-order chi connectivity index (χ0) is 15.0. The maximum Gasteiger partial charge on any atom is 0.200 e. The van der Waals surface area contributed by atoms with Crippen molar-refractivity contribution in [2.24, 2.45) is 0 Å². The van der Waals surface area contributed by atoms with E-state index in [-0.39, 0.29) is 5.82 Å². The van der Waals surface area contributed by atoms with Crippen molar-refractivity contribution >= 4 is 28.1 Å². The summed E-state index contributed by atoms with van der Waals surface area (Å²) in [5.41, 5.74) is 2.33. The summed E-state index contributed by atoms with van der Waals surface area (Å²) in [6.07, 6.45) is 3.37. The van der Waals surface area contributed by atoms with Crippen LogP contribution in [0.15, 0.2) is 41.1 Å². The number of aryl methyl sites for hydroxylation is 1. The zero-order valence-electron chi connectivity index (χ0n) is 11.0. The second-order valence-corrected chi connectivity index (χ2v) is 5.72. The summed E-state index contributed by atoms with van der Waals surface area (Å²) in [4.78, 5) is 4.08. The molecule has 0 aliphatic rings. The summed E-state index contributed by atoms with van der Waals surface area (Å²) in [6.45, 7) is 1.89. The van der Waals surface area contributed by atoms with Crippen molar-refractivity contribution in [1.82, 2.24) is 19.7 Å². The molecule has 0 unspecified atom stereocenters. The Balaban J connectivity index is 2.27. The lowest BCUT2D eigenvalue weighted by Gasteiger charge is -2.11. The molecule has 1 aromatic carbocycles. The monoisotopic (exact) mass is 364 g/mol. The van der Waals surface area contributed by atoms with Crippen molar-refractivity contribution < 1.29 is 4.39 Å². The van der Waals surface area contributed by atoms with Crippen LogP contribution in [0.3, 0.4) is 0 Å². The normalized spacial score (nSPS) is 10.8. The highest BCUT2D eigenvalue weighted by atomic mass is 79.9. The average molecular weight is 365 g/mol. The molecule has 106 valence electrons. The molecule has 0 amide bonds. The lowest BCUT2D eigenvalue weighted by atomic mass is 10.2. The lowest BCUT2D eigenvalue weighted by molar-refractivity contribution is 0.619. The Hall–Kier alpha value is -1.86. The molecule has 0 aliphatic carbocycles. The molecule has 4 nitrogen and oxygen atoms in total. The van der Waals surface area contributed by atoms with Gasteiger partial charge in [-0.3, -0.25) is 14.6 Å². The van der Waals surface area contributed by atoms with Crippen LogP contribution in [-0.2, 0) is 0 Å². The molecule has 0 saturated carbocycles. The maximum absolute atomic E-state index is 13.9. The number of rotatable bonds is 2. The van der Waals surface area contributed by atoms with Gasteiger partial charge in [-0.15, -0.1) is 0 Å². The number of nitrogens with one attached hydrogen (secondary N) is 1. The van der Waals surface area contributed by atoms with Crippen molar-refractivity contribution in [3.8, 4) is 17.1 Å². The highest BCUT2D eigenvalue weighted by Gasteiger charge is 2.14. The maximum atomic E-state index is 13.9. The van der Waals surface area contributed by atoms with Gasteiger partial charge in [-0.2, -0.15) is 5.10 Å². The molecule has 1 N–H and O–H groups in total. The van der Waals surface area contributed by atoms with E-state index >= 15 is 0 Å². The van der Waals surface area contributed by atoms with Gasteiger partial charge in [-0.25, -0.2) is 4.39 Å². The molecule has 3 rings (SSSR count). The molecular weight excluding hydrogens is 355 g/mol. The second-order valence-electron chi connectivity index (χ2n) is 4.48. The van der Waals surface area contributed by atoms with Crippen molar-refractivity contribution in [2.45, 2.75) is 6.92 Å². The zero-order valence-corrected chi connectivity index (χ0v) is 13.4. The van der Waals surface area contributed by atoms with Crippen LogP contribution in [0, 0.1) is 17.5 Å². The van der Waals surface area contributed by atoms with Gasteiger partial charge >= 0.3 is 0 Å². The minimum absolute atomic E-state index is 0.351. The first-order valence-corrected chi connectivity index (χ1v) is 7.32. The topological polar surface area (TPSA) is 46.5 Å². The molecule has 7 heteroatoms. The quantitative estimate of drug-likeness (QED) is 0.693. The summed E-state index contributed by atoms with van der Waals surface area (Å²) >= 11 is 8.46. The van der Waals surface area contributed by atoms with E-state index in [0.717, 1.165) is 11.1 Å². The van der Waals surface area contributed by atoms with Crippen molar-refractivity contribution in [3.63, 3.8) is 0 Å². The van der Waals surface area contributed by atoms with Crippen molar-refractivity contribution in [3.05, 3.63) is 57.3 Å². The fourth-order valence-electron chi connectivity index (χ4n) is 2.09. The second kappa shape index (κ2) is 5.50. The predicted molar refractivity (Wildman–Crippen MR) is 84.4 cm³/mol. The lowest BCUT2D eigenvalue weighted by Crippen LogP contribution is -2.01. The molecule has 2 heterocycles. The van der Waals surface area contributed by atoms with E-state index in [0.29, 0.717) is 20.8 Å². The highest BCUT2D eigenvalue weighted by Crippen LogP contribution is 2.27. The molecule has 3 aromatic rings. The van der Waals surface area contributed by atoms with E-state index in [1.165, 1.54) is 6.07 Å². The average Bonchev–Trinajstić information content (AvgIpc) is 2.85. The van der Waals surface area contributed by atoms with E-state index < -0.39 is 0 Å². The summed E-state index contributed by atoms with van der Waals surface area (Å²) in [5.74, 6) is 0.244. The summed E-state index contributed by atoms with van der Waals surface area (Å²) in [5, 5.41) is 6.98. The number of hydrogen-bond acceptors (Lipinski definition) is 3. The largest absolute Gasteiger partial charge is 0.268 e. The number of aromatic amines is 1. The molecular formula is C14H10BrFN4S. The molecule has 0 atom stereocenters. The number of halogens is 2. The van der Waals surface area contributed by atoms with Gasteiger partial charge in [0.15, 0.2) is 10.6 Å². The molecule has 0 fully saturated rings. The number of H-pyrrole nitrogens is 1. The number of pyridine rings is 1. The van der Waals surface area contributed by atoms with Crippen LogP contribution in [0.25, 0.3) is 17.1 Å². The van der Waals surface area contributed by atoms with Gasteiger partial charge in [0.25, 0.3) is 0 Å². The number of aromatic nitrogens is 4. The Kier molecular flexibility index (Phi) is 3.69. The van der Waals surface area contributed by atoms with Crippen LogP contribution in [0.1, 0.15) is 5.56 Å². The smallest absolute Gasteiger partial charge is 0.200 e. The number of nitrogens with zero attached hydrogens (tertiary/aromatic N) is 3. The van der Waals surface area contributed by atoms with E-state index in [4.69, 9.17) is 12.2 Å². The summed E-state index contributed by atoms with van der Waals surface area (Å²) < 4.78 is 16.4. The van der Waals surface area contributed by atoms with Gasteiger partial charge in [-0.1, -0.05) is 0 Å². The number of benzene rings is 1. The first kappa shape index (κ1) is 14.1. The molecule has 0 bridgehead atoms. The molecule has 2 aromatic heterocycles. The standard InChI is InChI=1S/C14H10BrFN4S/c1-8-5-10(15)11(16)6-12(8)20-13(18-19-14(20)21)9-3-2-4-17-7-9/h2-7H,1H3,(H,19,21). The fraction of sp³-hybridized carbons (Fsp3) is 0.0714. The fourth-order valence-corrected chi connectivity index (χ4v) is 2.77. The Morgan fingerprint density at radius 3 is 2.90 bits per heavy atom. The highest BCUT2D eigenvalue weighted by molar-refractivity contribution is 9.10. The molecule has 0 spiro atoms. The van der Waals surface area contributed by atoms with Crippen molar-refractivity contribution in [1.29, 1.82) is 0 Å². The van der Waals surface area contributed by atoms with Crippen LogP contribution in [0.2, 0.25) is 0 Å². The van der Waals surface area contributed by atoms with Gasteiger partial charge in [-0.05, 0) is 64.9 Å². The van der Waals surface area contributed by atoms with Gasteiger partial charge in [0.2, 0.25) is 0 Å². The van der Waals surface area contributed by atoms with Crippen LogP contribution >= 0.6 is 28.1 Å². The van der Waals surface area contributed by atoms with Crippen LogP contribution in [-0.4, -0.2) is 19.7 Å². The van der Waals surface area contributed by atoms with Gasteiger partial charge in [0, 0.05) is 18.0 Å². The third kappa shape index (κ3) is 2.54. The Bertz CT molecular complexity index is 857. The molecule has 21 heavy (non-hydrogen) atoms. The van der Waals surface area contributed by atoms with Crippen LogP contribution in [0.5, 0.6) is 0 Å². The van der Waals surface area contributed by atoms with E-state index in [1.54, 1.807) is 23.0 Å². The van der Waals surface area contributed by atoms with Crippen molar-refractivity contribution in [2.75, 3.05) is 0 Å². The molecule has 0 saturated heterocycles. The predicted octanol–water partition coefficient (Wildman–Crippen LogP) is 4.20. The molecule has 0 radical (unpaired) electrons. The number of hydrogen-bond donors (Lipinski definition) is 1. The van der Waals surface area contributed by atoms with E-state index in [1.807, 2.05) is 19.1 Å². The third-order valence-electron chi connectivity index (χ3n) is 3.07. The Morgan fingerprint density at radius 1 is 1.38 bits per heavy atom. The summed E-state index contributed by atoms with van der Waals surface area (Å²) in [6, 6.07) is 6.84.